The second kappa shape index (κ2) is 9.33. The second-order valence-electron chi connectivity index (χ2n) is 12.9. The molecule has 0 amide bonds. The topological polar surface area (TPSA) is 130 Å². The molecule has 5 N–H and O–H groups in total. The van der Waals surface area contributed by atoms with Crippen molar-refractivity contribution < 1.29 is 29.6 Å². The summed E-state index contributed by atoms with van der Waals surface area (Å²) in [5.74, 6) is -2.20. The molecule has 2 saturated carbocycles. The SMILES string of the molecule is CC1=C[C@H]2[C@@]3(O)[C@H](C)C[C@@](C)(OC(=O)[C@@H](N)CC4CCCCC4)C(C)(C)[C@@H]3C=C(CO)C[C@]2(O)C1=O. The zero-order valence-electron chi connectivity index (χ0n) is 22.5. The normalized spacial score (nSPS) is 41.5. The fraction of sp³-hybridized carbons (Fsp3) is 0.793. The Labute approximate surface area is 215 Å². The highest BCUT2D eigenvalue weighted by Gasteiger charge is 2.69. The summed E-state index contributed by atoms with van der Waals surface area (Å²) in [6.07, 6.45) is 10.2. The zero-order chi connectivity index (χ0) is 26.7. The van der Waals surface area contributed by atoms with Crippen molar-refractivity contribution in [3.63, 3.8) is 0 Å². The molecule has 4 aliphatic rings. The first-order valence-electron chi connectivity index (χ1n) is 13.7. The minimum Gasteiger partial charge on any atom is -0.458 e. The summed E-state index contributed by atoms with van der Waals surface area (Å²) >= 11 is 0. The van der Waals surface area contributed by atoms with Gasteiger partial charge in [-0.1, -0.05) is 65.0 Å². The van der Waals surface area contributed by atoms with Crippen molar-refractivity contribution in [2.24, 2.45) is 34.8 Å². The Morgan fingerprint density at radius 2 is 1.78 bits per heavy atom. The first-order chi connectivity index (χ1) is 16.7. The van der Waals surface area contributed by atoms with Crippen molar-refractivity contribution in [2.45, 2.75) is 109 Å². The number of ether oxygens (including phenoxy) is 1. The molecule has 0 heterocycles. The third-order valence-corrected chi connectivity index (χ3v) is 10.3. The van der Waals surface area contributed by atoms with Crippen LogP contribution in [0.4, 0.5) is 0 Å². The van der Waals surface area contributed by atoms with Gasteiger partial charge in [0.15, 0.2) is 5.78 Å². The van der Waals surface area contributed by atoms with Gasteiger partial charge in [-0.15, -0.1) is 0 Å². The number of carbonyl (C=O) groups excluding carboxylic acids is 2. The average Bonchev–Trinajstić information content (AvgIpc) is 2.98. The van der Waals surface area contributed by atoms with E-state index in [4.69, 9.17) is 10.5 Å². The number of aliphatic hydroxyl groups is 3. The lowest BCUT2D eigenvalue weighted by atomic mass is 9.48. The fourth-order valence-electron chi connectivity index (χ4n) is 7.82. The molecule has 0 spiro atoms. The van der Waals surface area contributed by atoms with Gasteiger partial charge >= 0.3 is 5.97 Å². The van der Waals surface area contributed by atoms with Crippen molar-refractivity contribution in [1.82, 2.24) is 0 Å². The lowest BCUT2D eigenvalue weighted by Gasteiger charge is -2.61. The number of Topliss-reactive ketones (excluding diaryl/α,β-unsaturated/α-hetero) is 1. The van der Waals surface area contributed by atoms with Gasteiger partial charge in [-0.05, 0) is 49.7 Å². The Kier molecular flexibility index (Phi) is 7.13. The predicted molar refractivity (Wildman–Crippen MR) is 137 cm³/mol. The van der Waals surface area contributed by atoms with E-state index in [1.807, 2.05) is 33.8 Å². The highest BCUT2D eigenvalue weighted by atomic mass is 16.6. The fourth-order valence-corrected chi connectivity index (χ4v) is 7.82. The van der Waals surface area contributed by atoms with E-state index in [1.165, 1.54) is 19.3 Å². The maximum Gasteiger partial charge on any atom is 0.323 e. The van der Waals surface area contributed by atoms with E-state index in [9.17, 15) is 24.9 Å². The van der Waals surface area contributed by atoms with Crippen molar-refractivity contribution in [1.29, 1.82) is 0 Å². The highest BCUT2D eigenvalue weighted by Crippen LogP contribution is 2.63. The van der Waals surface area contributed by atoms with E-state index >= 15 is 0 Å². The van der Waals surface area contributed by atoms with Gasteiger partial charge < -0.3 is 25.8 Å². The van der Waals surface area contributed by atoms with Crippen LogP contribution in [0.25, 0.3) is 0 Å². The van der Waals surface area contributed by atoms with Gasteiger partial charge in [0.05, 0.1) is 12.2 Å². The summed E-state index contributed by atoms with van der Waals surface area (Å²) in [4.78, 5) is 26.3. The summed E-state index contributed by atoms with van der Waals surface area (Å²) in [6.45, 7) is 9.03. The number of carbonyl (C=O) groups is 2. The van der Waals surface area contributed by atoms with Crippen LogP contribution in [-0.4, -0.2) is 56.5 Å². The third-order valence-electron chi connectivity index (χ3n) is 10.3. The molecular formula is C29H45NO6. The lowest BCUT2D eigenvalue weighted by Crippen LogP contribution is -2.69. The molecule has 0 radical (unpaired) electrons. The molecule has 7 heteroatoms. The van der Waals surface area contributed by atoms with Gasteiger partial charge in [0.1, 0.15) is 17.2 Å². The Hall–Kier alpha value is -1.54. The van der Waals surface area contributed by atoms with Gasteiger partial charge in [0.2, 0.25) is 0 Å². The van der Waals surface area contributed by atoms with Crippen LogP contribution in [0.3, 0.4) is 0 Å². The lowest BCUT2D eigenvalue weighted by molar-refractivity contribution is -0.246. The summed E-state index contributed by atoms with van der Waals surface area (Å²) in [7, 11) is 0. The monoisotopic (exact) mass is 503 g/mol. The highest BCUT2D eigenvalue weighted by molar-refractivity contribution is 6.04. The molecule has 4 aliphatic carbocycles. The summed E-state index contributed by atoms with van der Waals surface area (Å²) in [6, 6.07) is -0.697. The van der Waals surface area contributed by atoms with Crippen molar-refractivity contribution in [3.05, 3.63) is 23.3 Å². The van der Waals surface area contributed by atoms with Gasteiger partial charge in [-0.2, -0.15) is 0 Å². The van der Waals surface area contributed by atoms with E-state index in [1.54, 1.807) is 13.0 Å². The molecule has 0 aromatic carbocycles. The quantitative estimate of drug-likeness (QED) is 0.335. The molecule has 36 heavy (non-hydrogen) atoms. The van der Waals surface area contributed by atoms with Crippen molar-refractivity contribution >= 4 is 11.8 Å². The first kappa shape index (κ1) is 27.5. The number of esters is 1. The molecule has 0 aromatic rings. The smallest absolute Gasteiger partial charge is 0.323 e. The zero-order valence-corrected chi connectivity index (χ0v) is 22.5. The maximum atomic E-state index is 13.3. The van der Waals surface area contributed by atoms with E-state index in [0.29, 0.717) is 29.9 Å². The Morgan fingerprint density at radius 1 is 1.14 bits per heavy atom. The Balaban J connectivity index is 1.67. The molecule has 4 rings (SSSR count). The van der Waals surface area contributed by atoms with Gasteiger partial charge in [-0.3, -0.25) is 9.59 Å². The molecular weight excluding hydrogens is 458 g/mol. The summed E-state index contributed by atoms with van der Waals surface area (Å²) in [5.41, 5.74) is 2.26. The number of fused-ring (bicyclic) bond motifs is 3. The average molecular weight is 504 g/mol. The van der Waals surface area contributed by atoms with Crippen LogP contribution in [-0.2, 0) is 14.3 Å². The van der Waals surface area contributed by atoms with E-state index in [-0.39, 0.29) is 13.0 Å². The van der Waals surface area contributed by atoms with Crippen molar-refractivity contribution in [2.75, 3.05) is 6.61 Å². The van der Waals surface area contributed by atoms with Gasteiger partial charge in [0, 0.05) is 23.7 Å². The predicted octanol–water partition coefficient (Wildman–Crippen LogP) is 3.20. The van der Waals surface area contributed by atoms with E-state index < -0.39 is 57.8 Å². The van der Waals surface area contributed by atoms with Crippen LogP contribution in [0.2, 0.25) is 0 Å². The van der Waals surface area contributed by atoms with Crippen LogP contribution >= 0.6 is 0 Å². The number of ketones is 1. The largest absolute Gasteiger partial charge is 0.458 e. The molecule has 0 bridgehead atoms. The van der Waals surface area contributed by atoms with Crippen LogP contribution in [0.5, 0.6) is 0 Å². The molecule has 0 aromatic heterocycles. The third kappa shape index (κ3) is 4.11. The molecule has 0 unspecified atom stereocenters. The number of nitrogens with two attached hydrogens (primary N) is 1. The summed E-state index contributed by atoms with van der Waals surface area (Å²) < 4.78 is 6.24. The molecule has 0 saturated heterocycles. The van der Waals surface area contributed by atoms with E-state index in [0.717, 1.165) is 12.8 Å². The minimum absolute atomic E-state index is 0.0365. The molecule has 7 nitrogen and oxygen atoms in total. The summed E-state index contributed by atoms with van der Waals surface area (Å²) in [5, 5.41) is 34.1. The molecule has 2 fully saturated rings. The number of hydrogen-bond donors (Lipinski definition) is 4. The first-order valence-corrected chi connectivity index (χ1v) is 13.7. The van der Waals surface area contributed by atoms with E-state index in [2.05, 4.69) is 0 Å². The van der Waals surface area contributed by atoms with Crippen molar-refractivity contribution in [3.8, 4) is 0 Å². The van der Waals surface area contributed by atoms with Crippen LogP contribution in [0, 0.1) is 29.1 Å². The molecule has 7 atom stereocenters. The Morgan fingerprint density at radius 3 is 2.39 bits per heavy atom. The Bertz CT molecular complexity index is 965. The van der Waals surface area contributed by atoms with Gasteiger partial charge in [0.25, 0.3) is 0 Å². The standard InChI is InChI=1S/C29H45NO6/c1-17-11-23-28(34,24(17)32)15-20(16-31)13-22-26(3,4)27(5,14-18(2)29(22,23)35)36-25(33)21(30)12-19-9-7-6-8-10-19/h11,13,18-19,21-23,31,34-35H,6-10,12,14-16,30H2,1-5H3/t18-,21+,22+,23-,27-,28-,29-/m1/s1. The number of hydrogen-bond acceptors (Lipinski definition) is 7. The molecule has 0 aliphatic heterocycles. The number of aliphatic hydroxyl groups excluding tert-OH is 1. The number of rotatable bonds is 5. The van der Waals surface area contributed by atoms with Crippen LogP contribution in [0.1, 0.15) is 86.0 Å². The second-order valence-corrected chi connectivity index (χ2v) is 12.9. The minimum atomic E-state index is -1.81. The van der Waals surface area contributed by atoms with Crippen LogP contribution < -0.4 is 5.73 Å². The maximum absolute atomic E-state index is 13.3. The van der Waals surface area contributed by atoms with Crippen LogP contribution in [0.15, 0.2) is 23.3 Å². The molecule has 202 valence electrons. The van der Waals surface area contributed by atoms with Gasteiger partial charge in [-0.25, -0.2) is 0 Å².